The van der Waals surface area contributed by atoms with Crippen LogP contribution in [0.15, 0.2) is 53.6 Å². The summed E-state index contributed by atoms with van der Waals surface area (Å²) in [6, 6.07) is 15.0. The number of carbonyl (C=O) groups excluding carboxylic acids is 1. The number of aromatic amines is 1. The summed E-state index contributed by atoms with van der Waals surface area (Å²) in [6.45, 7) is 1.80. The number of H-pyrrole nitrogens is 1. The number of hydrogen-bond donors (Lipinski definition) is 3. The standard InChI is InChI=1S/C16H15N5O/c1-10(20-21-16(17)22)12-7-8-13-14(9-12)19-15(18-13)11-5-3-2-4-6-11/h2-9H,1H3,(H,18,19)(H3,17,21,22)/b20-10+. The Morgan fingerprint density at radius 1 is 1.23 bits per heavy atom. The lowest BCUT2D eigenvalue weighted by molar-refractivity contribution is 0.249. The zero-order valence-electron chi connectivity index (χ0n) is 12.0. The van der Waals surface area contributed by atoms with Crippen molar-refractivity contribution < 1.29 is 4.79 Å². The number of nitrogens with one attached hydrogen (secondary N) is 2. The number of fused-ring (bicyclic) bond motifs is 1. The number of hydrazone groups is 1. The Morgan fingerprint density at radius 2 is 2.00 bits per heavy atom. The number of carbonyl (C=O) groups is 1. The molecule has 0 aliphatic carbocycles. The van der Waals surface area contributed by atoms with Crippen LogP contribution in [0.25, 0.3) is 22.4 Å². The monoisotopic (exact) mass is 293 g/mol. The third kappa shape index (κ3) is 2.80. The lowest BCUT2D eigenvalue weighted by Gasteiger charge is -2.00. The lowest BCUT2D eigenvalue weighted by Crippen LogP contribution is -2.25. The Bertz CT molecular complexity index is 851. The van der Waals surface area contributed by atoms with Crippen LogP contribution in [0.3, 0.4) is 0 Å². The van der Waals surface area contributed by atoms with Gasteiger partial charge in [-0.1, -0.05) is 36.4 Å². The minimum atomic E-state index is -0.687. The topological polar surface area (TPSA) is 96.2 Å². The van der Waals surface area contributed by atoms with Crippen molar-refractivity contribution >= 4 is 22.8 Å². The number of urea groups is 1. The van der Waals surface area contributed by atoms with E-state index in [2.05, 4.69) is 20.5 Å². The Balaban J connectivity index is 1.97. The van der Waals surface area contributed by atoms with E-state index in [0.717, 1.165) is 28.0 Å². The first-order chi connectivity index (χ1) is 10.6. The Morgan fingerprint density at radius 3 is 2.73 bits per heavy atom. The SMILES string of the molecule is C/C(=N\NC(N)=O)c1ccc2nc(-c3ccccc3)[nH]c2c1. The molecule has 0 aliphatic rings. The maximum atomic E-state index is 10.7. The number of hydrogen-bond acceptors (Lipinski definition) is 3. The first-order valence-corrected chi connectivity index (χ1v) is 6.79. The number of nitrogens with zero attached hydrogens (tertiary/aromatic N) is 2. The highest BCUT2D eigenvalue weighted by molar-refractivity contribution is 6.01. The highest BCUT2D eigenvalue weighted by Crippen LogP contribution is 2.21. The van der Waals surface area contributed by atoms with Gasteiger partial charge in [-0.15, -0.1) is 0 Å². The first-order valence-electron chi connectivity index (χ1n) is 6.79. The molecule has 22 heavy (non-hydrogen) atoms. The second-order valence-electron chi connectivity index (χ2n) is 4.86. The average molecular weight is 293 g/mol. The van der Waals surface area contributed by atoms with E-state index in [1.165, 1.54) is 0 Å². The second-order valence-corrected chi connectivity index (χ2v) is 4.86. The van der Waals surface area contributed by atoms with E-state index < -0.39 is 6.03 Å². The van der Waals surface area contributed by atoms with Crippen LogP contribution in [-0.4, -0.2) is 21.7 Å². The van der Waals surface area contributed by atoms with E-state index in [4.69, 9.17) is 5.73 Å². The zero-order chi connectivity index (χ0) is 15.5. The molecular weight excluding hydrogens is 278 g/mol. The smallest absolute Gasteiger partial charge is 0.332 e. The third-order valence-corrected chi connectivity index (χ3v) is 3.28. The van der Waals surface area contributed by atoms with Crippen LogP contribution < -0.4 is 11.2 Å². The Labute approximate surface area is 127 Å². The Kier molecular flexibility index (Phi) is 3.57. The number of amides is 2. The van der Waals surface area contributed by atoms with Gasteiger partial charge in [0.2, 0.25) is 0 Å². The van der Waals surface area contributed by atoms with Gasteiger partial charge in [-0.25, -0.2) is 15.2 Å². The molecule has 1 aromatic heterocycles. The highest BCUT2D eigenvalue weighted by Gasteiger charge is 2.07. The average Bonchev–Trinajstić information content (AvgIpc) is 2.96. The van der Waals surface area contributed by atoms with E-state index in [1.807, 2.05) is 48.5 Å². The van der Waals surface area contributed by atoms with E-state index in [0.29, 0.717) is 5.71 Å². The fourth-order valence-corrected chi connectivity index (χ4v) is 2.17. The van der Waals surface area contributed by atoms with Crippen molar-refractivity contribution in [2.45, 2.75) is 6.92 Å². The lowest BCUT2D eigenvalue weighted by atomic mass is 10.1. The van der Waals surface area contributed by atoms with Crippen LogP contribution in [0, 0.1) is 0 Å². The molecule has 3 rings (SSSR count). The summed E-state index contributed by atoms with van der Waals surface area (Å²) < 4.78 is 0. The summed E-state index contributed by atoms with van der Waals surface area (Å²) in [5, 5.41) is 3.92. The summed E-state index contributed by atoms with van der Waals surface area (Å²) in [5.74, 6) is 0.817. The molecule has 110 valence electrons. The molecule has 6 nitrogen and oxygen atoms in total. The number of rotatable bonds is 3. The van der Waals surface area contributed by atoms with Crippen LogP contribution in [-0.2, 0) is 0 Å². The molecule has 0 bridgehead atoms. The number of nitrogens with two attached hydrogens (primary N) is 1. The van der Waals surface area contributed by atoms with Crippen molar-refractivity contribution in [2.24, 2.45) is 10.8 Å². The molecule has 6 heteroatoms. The molecule has 0 fully saturated rings. The van der Waals surface area contributed by atoms with E-state index in [-0.39, 0.29) is 0 Å². The summed E-state index contributed by atoms with van der Waals surface area (Å²) in [6.07, 6.45) is 0. The van der Waals surface area contributed by atoms with Gasteiger partial charge in [-0.2, -0.15) is 5.10 Å². The van der Waals surface area contributed by atoms with Crippen LogP contribution >= 0.6 is 0 Å². The highest BCUT2D eigenvalue weighted by atomic mass is 16.2. The van der Waals surface area contributed by atoms with Gasteiger partial charge in [0.1, 0.15) is 5.82 Å². The number of aromatic nitrogens is 2. The normalized spacial score (nSPS) is 11.6. The van der Waals surface area contributed by atoms with Crippen molar-refractivity contribution in [3.05, 3.63) is 54.1 Å². The first kappa shape index (κ1) is 13.8. The zero-order valence-corrected chi connectivity index (χ0v) is 12.0. The van der Waals surface area contributed by atoms with Crippen LogP contribution in [0.4, 0.5) is 4.79 Å². The van der Waals surface area contributed by atoms with Gasteiger partial charge in [0.25, 0.3) is 0 Å². The summed E-state index contributed by atoms with van der Waals surface area (Å²) in [7, 11) is 0. The van der Waals surface area contributed by atoms with Crippen molar-refractivity contribution in [1.29, 1.82) is 0 Å². The summed E-state index contributed by atoms with van der Waals surface area (Å²) in [4.78, 5) is 18.6. The van der Waals surface area contributed by atoms with Gasteiger partial charge in [0.05, 0.1) is 16.7 Å². The minimum Gasteiger partial charge on any atom is -0.350 e. The Hall–Kier alpha value is -3.15. The number of benzene rings is 2. The quantitative estimate of drug-likeness (QED) is 0.511. The van der Waals surface area contributed by atoms with E-state index in [1.54, 1.807) is 6.92 Å². The molecule has 0 saturated heterocycles. The maximum absolute atomic E-state index is 10.7. The molecular formula is C16H15N5O. The second kappa shape index (κ2) is 5.69. The van der Waals surface area contributed by atoms with Gasteiger partial charge in [0, 0.05) is 5.56 Å². The molecule has 4 N–H and O–H groups in total. The summed E-state index contributed by atoms with van der Waals surface area (Å²) in [5.41, 5.74) is 11.6. The molecule has 3 aromatic rings. The molecule has 0 radical (unpaired) electrons. The van der Waals surface area contributed by atoms with Gasteiger partial charge in [-0.3, -0.25) is 0 Å². The fourth-order valence-electron chi connectivity index (χ4n) is 2.17. The molecule has 1 heterocycles. The van der Waals surface area contributed by atoms with E-state index >= 15 is 0 Å². The van der Waals surface area contributed by atoms with Crippen LogP contribution in [0.5, 0.6) is 0 Å². The van der Waals surface area contributed by atoms with Crippen LogP contribution in [0.1, 0.15) is 12.5 Å². The maximum Gasteiger partial charge on any atom is 0.332 e. The molecule has 2 amide bonds. The number of primary amides is 1. The van der Waals surface area contributed by atoms with Gasteiger partial charge < -0.3 is 10.7 Å². The van der Waals surface area contributed by atoms with Crippen molar-refractivity contribution in [3.63, 3.8) is 0 Å². The fraction of sp³-hybridized carbons (Fsp3) is 0.0625. The van der Waals surface area contributed by atoms with Gasteiger partial charge in [0.15, 0.2) is 0 Å². The predicted octanol–water partition coefficient (Wildman–Crippen LogP) is 2.62. The van der Waals surface area contributed by atoms with Gasteiger partial charge >= 0.3 is 6.03 Å². The molecule has 0 saturated carbocycles. The molecule has 0 unspecified atom stereocenters. The molecule has 2 aromatic carbocycles. The van der Waals surface area contributed by atoms with Crippen molar-refractivity contribution in [3.8, 4) is 11.4 Å². The van der Waals surface area contributed by atoms with Gasteiger partial charge in [-0.05, 0) is 24.6 Å². The number of imidazole rings is 1. The van der Waals surface area contributed by atoms with Crippen molar-refractivity contribution in [1.82, 2.24) is 15.4 Å². The van der Waals surface area contributed by atoms with E-state index in [9.17, 15) is 4.79 Å². The molecule has 0 spiro atoms. The van der Waals surface area contributed by atoms with Crippen LogP contribution in [0.2, 0.25) is 0 Å². The predicted molar refractivity (Wildman–Crippen MR) is 86.5 cm³/mol. The molecule has 0 aliphatic heterocycles. The molecule has 0 atom stereocenters. The third-order valence-electron chi connectivity index (χ3n) is 3.28. The largest absolute Gasteiger partial charge is 0.350 e. The van der Waals surface area contributed by atoms with Crippen molar-refractivity contribution in [2.75, 3.05) is 0 Å². The summed E-state index contributed by atoms with van der Waals surface area (Å²) >= 11 is 0. The minimum absolute atomic E-state index is 0.663.